The SMILES string of the molecule is CCO[Si](OCC)(OCC)C(C)COCCOC1CCCS1(=O)=O. The lowest BCUT2D eigenvalue weighted by Gasteiger charge is -2.33. The summed E-state index contributed by atoms with van der Waals surface area (Å²) in [6.07, 6.45) is 1.25. The summed E-state index contributed by atoms with van der Waals surface area (Å²) in [4.78, 5) is 0. The molecule has 0 aromatic carbocycles. The summed E-state index contributed by atoms with van der Waals surface area (Å²) in [6.45, 7) is 10.4. The molecule has 9 heteroatoms. The van der Waals surface area contributed by atoms with Crippen molar-refractivity contribution in [3.8, 4) is 0 Å². The molecule has 0 spiro atoms. The second-order valence-corrected chi connectivity index (χ2v) is 11.0. The molecule has 1 rings (SSSR count). The Balaban J connectivity index is 2.38. The Kier molecular flexibility index (Phi) is 9.95. The number of hydrogen-bond donors (Lipinski definition) is 0. The summed E-state index contributed by atoms with van der Waals surface area (Å²) in [7, 11) is -5.84. The van der Waals surface area contributed by atoms with Gasteiger partial charge in [-0.1, -0.05) is 6.92 Å². The lowest BCUT2D eigenvalue weighted by molar-refractivity contribution is 0.0167. The fourth-order valence-electron chi connectivity index (χ4n) is 2.71. The molecule has 0 radical (unpaired) electrons. The molecule has 2 unspecified atom stereocenters. The molecule has 0 amide bonds. The maximum Gasteiger partial charge on any atom is 0.506 e. The van der Waals surface area contributed by atoms with Crippen LogP contribution in [-0.2, 0) is 32.6 Å². The summed E-state index contributed by atoms with van der Waals surface area (Å²) in [5, 5.41) is 0. The smallest absolute Gasteiger partial charge is 0.379 e. The summed E-state index contributed by atoms with van der Waals surface area (Å²) >= 11 is 0. The van der Waals surface area contributed by atoms with Gasteiger partial charge in [-0.25, -0.2) is 8.42 Å². The van der Waals surface area contributed by atoms with Crippen LogP contribution in [0.25, 0.3) is 0 Å². The van der Waals surface area contributed by atoms with Gasteiger partial charge in [0.05, 0.1) is 25.6 Å². The van der Waals surface area contributed by atoms with E-state index < -0.39 is 24.1 Å². The quantitative estimate of drug-likeness (QED) is 0.355. The molecule has 2 atom stereocenters. The molecule has 0 aliphatic carbocycles. The Morgan fingerprint density at radius 1 is 1.04 bits per heavy atom. The Labute approximate surface area is 147 Å². The predicted molar refractivity (Wildman–Crippen MR) is 93.6 cm³/mol. The summed E-state index contributed by atoms with van der Waals surface area (Å²) in [5.41, 5.74) is -0.671. The van der Waals surface area contributed by atoms with Crippen LogP contribution < -0.4 is 0 Å². The highest BCUT2D eigenvalue weighted by Gasteiger charge is 2.46. The van der Waals surface area contributed by atoms with Gasteiger partial charge < -0.3 is 22.8 Å². The van der Waals surface area contributed by atoms with Crippen LogP contribution in [0.5, 0.6) is 0 Å². The Hall–Kier alpha value is -0.0331. The van der Waals surface area contributed by atoms with Crippen LogP contribution in [0.4, 0.5) is 0 Å². The molecule has 1 aliphatic heterocycles. The van der Waals surface area contributed by atoms with E-state index in [0.29, 0.717) is 45.9 Å². The van der Waals surface area contributed by atoms with Gasteiger partial charge in [0.1, 0.15) is 0 Å². The monoisotopic (exact) mass is 384 g/mol. The molecule has 0 aromatic rings. The molecule has 24 heavy (non-hydrogen) atoms. The maximum absolute atomic E-state index is 11.7. The van der Waals surface area contributed by atoms with Gasteiger partial charge in [0.25, 0.3) is 0 Å². The van der Waals surface area contributed by atoms with Gasteiger partial charge in [-0.3, -0.25) is 0 Å². The van der Waals surface area contributed by atoms with E-state index in [1.165, 1.54) is 0 Å². The molecule has 1 fully saturated rings. The highest BCUT2D eigenvalue weighted by atomic mass is 32.2. The summed E-state index contributed by atoms with van der Waals surface area (Å²) < 4.78 is 51.9. The van der Waals surface area contributed by atoms with Crippen molar-refractivity contribution in [1.29, 1.82) is 0 Å². The molecular weight excluding hydrogens is 352 g/mol. The lowest BCUT2D eigenvalue weighted by atomic mass is 10.4. The third-order valence-electron chi connectivity index (χ3n) is 3.81. The predicted octanol–water partition coefficient (Wildman–Crippen LogP) is 1.99. The Bertz CT molecular complexity index is 426. The first-order valence-electron chi connectivity index (χ1n) is 8.74. The third-order valence-corrected chi connectivity index (χ3v) is 9.29. The second-order valence-electron chi connectivity index (χ2n) is 5.69. The Morgan fingerprint density at radius 2 is 1.62 bits per heavy atom. The van der Waals surface area contributed by atoms with Crippen LogP contribution in [0.15, 0.2) is 0 Å². The summed E-state index contributed by atoms with van der Waals surface area (Å²) in [6, 6.07) is 0. The highest BCUT2D eigenvalue weighted by molar-refractivity contribution is 7.92. The largest absolute Gasteiger partial charge is 0.506 e. The fraction of sp³-hybridized carbons (Fsp3) is 1.00. The molecule has 144 valence electrons. The van der Waals surface area contributed by atoms with Crippen molar-refractivity contribution in [1.82, 2.24) is 0 Å². The summed E-state index contributed by atoms with van der Waals surface area (Å²) in [5.74, 6) is 0.223. The van der Waals surface area contributed by atoms with Gasteiger partial charge in [-0.2, -0.15) is 0 Å². The first kappa shape index (κ1) is 22.0. The number of hydrogen-bond acceptors (Lipinski definition) is 7. The molecule has 7 nitrogen and oxygen atoms in total. The van der Waals surface area contributed by atoms with Gasteiger partial charge >= 0.3 is 8.80 Å². The number of rotatable bonds is 13. The minimum Gasteiger partial charge on any atom is -0.379 e. The standard InChI is InChI=1S/C15H32O7SSi/c1-5-20-24(21-6-2,22-7-3)14(4)13-18-10-11-19-15-9-8-12-23(15,16)17/h14-15H,5-13H2,1-4H3. The molecule has 0 saturated carbocycles. The van der Waals surface area contributed by atoms with Crippen LogP contribution in [0.2, 0.25) is 5.54 Å². The van der Waals surface area contributed by atoms with Crippen molar-refractivity contribution in [2.45, 2.75) is 51.5 Å². The number of ether oxygens (including phenoxy) is 2. The molecular formula is C15H32O7SSi. The van der Waals surface area contributed by atoms with Gasteiger partial charge in [-0.15, -0.1) is 0 Å². The van der Waals surface area contributed by atoms with Crippen molar-refractivity contribution >= 4 is 18.6 Å². The van der Waals surface area contributed by atoms with Crippen LogP contribution in [0.1, 0.15) is 40.5 Å². The van der Waals surface area contributed by atoms with Crippen molar-refractivity contribution in [2.75, 3.05) is 45.4 Å². The third kappa shape index (κ3) is 6.36. The lowest BCUT2D eigenvalue weighted by Crippen LogP contribution is -2.51. The zero-order valence-electron chi connectivity index (χ0n) is 15.3. The van der Waals surface area contributed by atoms with Crippen LogP contribution in [-0.4, -0.2) is 68.1 Å². The van der Waals surface area contributed by atoms with E-state index in [-0.39, 0.29) is 17.9 Å². The Morgan fingerprint density at radius 3 is 2.08 bits per heavy atom. The van der Waals surface area contributed by atoms with E-state index in [0.717, 1.165) is 0 Å². The van der Waals surface area contributed by atoms with Gasteiger partial charge in [0.2, 0.25) is 0 Å². The maximum atomic E-state index is 11.7. The fourth-order valence-corrected chi connectivity index (χ4v) is 7.00. The molecule has 1 saturated heterocycles. The van der Waals surface area contributed by atoms with E-state index in [1.54, 1.807) is 0 Å². The molecule has 0 aromatic heterocycles. The number of sulfone groups is 1. The van der Waals surface area contributed by atoms with E-state index in [9.17, 15) is 8.42 Å². The van der Waals surface area contributed by atoms with E-state index in [4.69, 9.17) is 22.8 Å². The highest BCUT2D eigenvalue weighted by Crippen LogP contribution is 2.26. The normalized spacial score (nSPS) is 21.9. The first-order valence-corrected chi connectivity index (χ1v) is 12.3. The first-order chi connectivity index (χ1) is 11.4. The average molecular weight is 385 g/mol. The molecule has 1 aliphatic rings. The molecule has 1 heterocycles. The van der Waals surface area contributed by atoms with Gasteiger partial charge in [-0.05, 0) is 33.6 Å². The second kappa shape index (κ2) is 10.8. The van der Waals surface area contributed by atoms with Gasteiger partial charge in [0.15, 0.2) is 15.3 Å². The van der Waals surface area contributed by atoms with Crippen molar-refractivity contribution in [2.24, 2.45) is 0 Å². The van der Waals surface area contributed by atoms with Crippen LogP contribution >= 0.6 is 0 Å². The van der Waals surface area contributed by atoms with Crippen molar-refractivity contribution in [3.05, 3.63) is 0 Å². The molecule has 0 N–H and O–H groups in total. The van der Waals surface area contributed by atoms with E-state index >= 15 is 0 Å². The van der Waals surface area contributed by atoms with E-state index in [2.05, 4.69) is 0 Å². The zero-order valence-corrected chi connectivity index (χ0v) is 17.1. The van der Waals surface area contributed by atoms with Crippen LogP contribution in [0, 0.1) is 0 Å². The van der Waals surface area contributed by atoms with Crippen molar-refractivity contribution < 1.29 is 31.2 Å². The van der Waals surface area contributed by atoms with Gasteiger partial charge in [0, 0.05) is 25.4 Å². The van der Waals surface area contributed by atoms with Crippen molar-refractivity contribution in [3.63, 3.8) is 0 Å². The van der Waals surface area contributed by atoms with E-state index in [1.807, 2.05) is 27.7 Å². The topological polar surface area (TPSA) is 80.3 Å². The average Bonchev–Trinajstić information content (AvgIpc) is 2.86. The zero-order chi connectivity index (χ0) is 18.1. The van der Waals surface area contributed by atoms with Crippen LogP contribution in [0.3, 0.4) is 0 Å². The minimum absolute atomic E-state index is 0.00689. The minimum atomic E-state index is -3.07. The molecule has 0 bridgehead atoms.